The molecule has 26 heavy (non-hydrogen) atoms. The number of aromatic nitrogens is 3. The lowest BCUT2D eigenvalue weighted by atomic mass is 9.78. The first kappa shape index (κ1) is 17.9. The first-order valence-electron chi connectivity index (χ1n) is 8.77. The number of thiophene rings is 1. The second-order valence-electron chi connectivity index (χ2n) is 7.11. The lowest BCUT2D eigenvalue weighted by Crippen LogP contribution is -2.50. The van der Waals surface area contributed by atoms with Gasteiger partial charge in [0.1, 0.15) is 10.5 Å². The van der Waals surface area contributed by atoms with E-state index in [4.69, 9.17) is 4.74 Å². The molecular formula is C17H21F3N4OS. The fourth-order valence-corrected chi connectivity index (χ4v) is 5.30. The molecule has 1 N–H and O–H groups in total. The average Bonchev–Trinajstić information content (AvgIpc) is 3.21. The molecule has 0 radical (unpaired) electrons. The minimum Gasteiger partial charge on any atom is -0.369 e. The summed E-state index contributed by atoms with van der Waals surface area (Å²) in [4.78, 5) is 0.208. The Kier molecular flexibility index (Phi) is 4.36. The van der Waals surface area contributed by atoms with Gasteiger partial charge in [0.2, 0.25) is 0 Å². The number of nitrogens with one attached hydrogen (secondary N) is 1. The highest BCUT2D eigenvalue weighted by atomic mass is 32.1. The largest absolute Gasteiger partial charge is 0.425 e. The van der Waals surface area contributed by atoms with Gasteiger partial charge in [0.15, 0.2) is 0 Å². The molecule has 9 heteroatoms. The van der Waals surface area contributed by atoms with Crippen molar-refractivity contribution in [3.63, 3.8) is 0 Å². The quantitative estimate of drug-likeness (QED) is 0.857. The van der Waals surface area contributed by atoms with Crippen LogP contribution in [0.25, 0.3) is 0 Å². The summed E-state index contributed by atoms with van der Waals surface area (Å²) in [6.07, 6.45) is 0.170. The van der Waals surface area contributed by atoms with Crippen LogP contribution < -0.4 is 5.32 Å². The molecule has 2 aliphatic heterocycles. The van der Waals surface area contributed by atoms with Crippen molar-refractivity contribution in [1.82, 2.24) is 20.3 Å². The number of ether oxygens (including phenoxy) is 1. The summed E-state index contributed by atoms with van der Waals surface area (Å²) in [6.45, 7) is 2.52. The van der Waals surface area contributed by atoms with Crippen LogP contribution in [-0.4, -0.2) is 27.6 Å². The van der Waals surface area contributed by atoms with E-state index in [2.05, 4.69) is 22.6 Å². The number of nitrogens with zero attached hydrogens (tertiary/aromatic N) is 3. The van der Waals surface area contributed by atoms with Crippen LogP contribution in [0.3, 0.4) is 0 Å². The fourth-order valence-electron chi connectivity index (χ4n) is 4.06. The number of rotatable bonds is 2. The van der Waals surface area contributed by atoms with Crippen LogP contribution in [0.1, 0.15) is 53.2 Å². The Balaban J connectivity index is 1.74. The summed E-state index contributed by atoms with van der Waals surface area (Å²) in [5.41, 5.74) is 0.896. The third-order valence-electron chi connectivity index (χ3n) is 5.27. The highest BCUT2D eigenvalue weighted by Crippen LogP contribution is 2.51. The van der Waals surface area contributed by atoms with Gasteiger partial charge in [-0.25, -0.2) is 0 Å². The summed E-state index contributed by atoms with van der Waals surface area (Å²) in [6, 6.07) is 1.37. The first-order chi connectivity index (χ1) is 12.3. The third kappa shape index (κ3) is 3.05. The van der Waals surface area contributed by atoms with Crippen molar-refractivity contribution in [3.8, 4) is 0 Å². The first-order valence-corrected chi connectivity index (χ1v) is 9.59. The summed E-state index contributed by atoms with van der Waals surface area (Å²) in [5.74, 6) is 0. The zero-order valence-electron chi connectivity index (χ0n) is 14.6. The Labute approximate surface area is 153 Å². The molecule has 1 fully saturated rings. The monoisotopic (exact) mass is 386 g/mol. The van der Waals surface area contributed by atoms with Crippen LogP contribution in [0.4, 0.5) is 13.2 Å². The Bertz CT molecular complexity index is 802. The van der Waals surface area contributed by atoms with Crippen LogP contribution in [0.5, 0.6) is 0 Å². The van der Waals surface area contributed by atoms with Crippen LogP contribution in [0.15, 0.2) is 12.3 Å². The van der Waals surface area contributed by atoms with Crippen molar-refractivity contribution in [1.29, 1.82) is 0 Å². The Morgan fingerprint density at radius 3 is 2.88 bits per heavy atom. The van der Waals surface area contributed by atoms with Crippen molar-refractivity contribution < 1.29 is 17.9 Å². The molecule has 4 rings (SSSR count). The topological polar surface area (TPSA) is 52.0 Å². The molecule has 0 saturated carbocycles. The maximum atomic E-state index is 13.3. The highest BCUT2D eigenvalue weighted by molar-refractivity contribution is 7.12. The standard InChI is InChI=1S/C17H21F3N4OS/c1-3-11-7-16(8-12(21-11)13-9-24(2)23-22-13)15-10(4-5-25-16)6-14(26-15)17(18,19)20/h6,9,11-12,21H,3-5,7-8H2,1-2H3. The lowest BCUT2D eigenvalue weighted by Gasteiger charge is -2.46. The van der Waals surface area contributed by atoms with Crippen molar-refractivity contribution in [2.24, 2.45) is 7.05 Å². The minimum absolute atomic E-state index is 0.0928. The zero-order chi connectivity index (χ0) is 18.5. The molecule has 1 saturated heterocycles. The van der Waals surface area contributed by atoms with Gasteiger partial charge in [-0.05, 0) is 30.9 Å². The number of alkyl halides is 3. The Morgan fingerprint density at radius 1 is 1.42 bits per heavy atom. The van der Waals surface area contributed by atoms with Gasteiger partial charge in [0, 0.05) is 30.6 Å². The zero-order valence-corrected chi connectivity index (χ0v) is 15.5. The van der Waals surface area contributed by atoms with Gasteiger partial charge in [-0.2, -0.15) is 13.2 Å². The van der Waals surface area contributed by atoms with Crippen molar-refractivity contribution in [2.75, 3.05) is 6.61 Å². The lowest BCUT2D eigenvalue weighted by molar-refractivity contribution is -0.134. The number of hydrogen-bond acceptors (Lipinski definition) is 5. The minimum atomic E-state index is -4.31. The van der Waals surface area contributed by atoms with E-state index < -0.39 is 16.7 Å². The summed E-state index contributed by atoms with van der Waals surface area (Å²) in [7, 11) is 1.80. The van der Waals surface area contributed by atoms with Gasteiger partial charge in [-0.15, -0.1) is 16.4 Å². The number of piperidine rings is 1. The number of fused-ring (bicyclic) bond motifs is 2. The molecule has 5 nitrogen and oxygen atoms in total. The SMILES string of the molecule is CCC1CC2(CC(c3cn(C)nn3)N1)OCCc1cc(C(F)(F)F)sc12. The summed E-state index contributed by atoms with van der Waals surface area (Å²) < 4.78 is 47.6. The van der Waals surface area contributed by atoms with Gasteiger partial charge in [0.05, 0.1) is 18.3 Å². The molecule has 142 valence electrons. The number of aryl methyl sites for hydroxylation is 1. The second kappa shape index (κ2) is 6.31. The molecule has 2 aromatic rings. The van der Waals surface area contributed by atoms with E-state index in [-0.39, 0.29) is 12.1 Å². The second-order valence-corrected chi connectivity index (χ2v) is 8.16. The van der Waals surface area contributed by atoms with Crippen molar-refractivity contribution in [3.05, 3.63) is 33.3 Å². The Morgan fingerprint density at radius 2 is 2.23 bits per heavy atom. The molecule has 0 amide bonds. The fraction of sp³-hybridized carbons (Fsp3) is 0.647. The molecule has 2 aromatic heterocycles. The van der Waals surface area contributed by atoms with Crippen LogP contribution in [0.2, 0.25) is 0 Å². The van der Waals surface area contributed by atoms with Crippen LogP contribution >= 0.6 is 11.3 Å². The van der Waals surface area contributed by atoms with E-state index >= 15 is 0 Å². The van der Waals surface area contributed by atoms with Gasteiger partial charge in [-0.3, -0.25) is 4.68 Å². The third-order valence-corrected chi connectivity index (χ3v) is 6.68. The number of halogens is 3. The van der Waals surface area contributed by atoms with Gasteiger partial charge < -0.3 is 10.1 Å². The van der Waals surface area contributed by atoms with Gasteiger partial charge in [0.25, 0.3) is 0 Å². The predicted molar refractivity (Wildman–Crippen MR) is 90.8 cm³/mol. The molecule has 2 aliphatic rings. The molecule has 0 aromatic carbocycles. The molecule has 4 heterocycles. The molecule has 0 aliphatic carbocycles. The van der Waals surface area contributed by atoms with E-state index in [1.54, 1.807) is 11.7 Å². The van der Waals surface area contributed by atoms with E-state index in [1.807, 2.05) is 6.20 Å². The molecule has 3 atom stereocenters. The van der Waals surface area contributed by atoms with Crippen molar-refractivity contribution >= 4 is 11.3 Å². The molecule has 3 unspecified atom stereocenters. The summed E-state index contributed by atoms with van der Waals surface area (Å²) in [5, 5.41) is 11.8. The highest BCUT2D eigenvalue weighted by Gasteiger charge is 2.48. The van der Waals surface area contributed by atoms with E-state index in [0.717, 1.165) is 33.9 Å². The summed E-state index contributed by atoms with van der Waals surface area (Å²) >= 11 is 0.844. The maximum Gasteiger partial charge on any atom is 0.425 e. The smallest absolute Gasteiger partial charge is 0.369 e. The van der Waals surface area contributed by atoms with E-state index in [0.29, 0.717) is 25.9 Å². The average molecular weight is 386 g/mol. The molecular weight excluding hydrogens is 365 g/mol. The molecule has 0 bridgehead atoms. The van der Waals surface area contributed by atoms with Gasteiger partial charge in [-0.1, -0.05) is 12.1 Å². The van der Waals surface area contributed by atoms with E-state index in [1.165, 1.54) is 6.07 Å². The number of hydrogen-bond donors (Lipinski definition) is 1. The van der Waals surface area contributed by atoms with E-state index in [9.17, 15) is 13.2 Å². The van der Waals surface area contributed by atoms with Crippen LogP contribution in [0, 0.1) is 0 Å². The van der Waals surface area contributed by atoms with Gasteiger partial charge >= 0.3 is 6.18 Å². The van der Waals surface area contributed by atoms with Crippen LogP contribution in [-0.2, 0) is 30.0 Å². The van der Waals surface area contributed by atoms with Crippen molar-refractivity contribution in [2.45, 2.75) is 56.5 Å². The normalized spacial score (nSPS) is 29.1. The predicted octanol–water partition coefficient (Wildman–Crippen LogP) is 3.57. The molecule has 1 spiro atoms. The Hall–Kier alpha value is -1.45. The maximum absolute atomic E-state index is 13.3.